The molecular weight excluding hydrogens is 538 g/mol. The molecule has 2 aliphatic rings. The number of halogens is 1. The molecule has 2 saturated heterocycles. The van der Waals surface area contributed by atoms with Gasteiger partial charge in [0.05, 0.1) is 11.3 Å². The van der Waals surface area contributed by atoms with Crippen LogP contribution in [0.1, 0.15) is 41.6 Å². The first kappa shape index (κ1) is 27.5. The lowest BCUT2D eigenvalue weighted by Gasteiger charge is -2.39. The molecule has 9 nitrogen and oxygen atoms in total. The van der Waals surface area contributed by atoms with Crippen LogP contribution < -0.4 is 15.5 Å². The Kier molecular flexibility index (Phi) is 7.84. The van der Waals surface area contributed by atoms with Crippen LogP contribution in [0.4, 0.5) is 17.3 Å². The lowest BCUT2D eigenvalue weighted by atomic mass is 9.84. The van der Waals surface area contributed by atoms with E-state index in [-0.39, 0.29) is 5.91 Å². The number of anilines is 3. The molecule has 4 aromatic rings. The zero-order valence-corrected chi connectivity index (χ0v) is 24.0. The maximum Gasteiger partial charge on any atom is 0.251 e. The molecule has 0 unspecified atom stereocenters. The molecule has 214 valence electrons. The summed E-state index contributed by atoms with van der Waals surface area (Å²) in [7, 11) is 2.14. The molecule has 2 fully saturated rings. The van der Waals surface area contributed by atoms with Crippen LogP contribution in [0.5, 0.6) is 0 Å². The van der Waals surface area contributed by atoms with Crippen LogP contribution in [-0.4, -0.2) is 70.3 Å². The number of nitrogens with one attached hydrogen (secondary N) is 2. The Morgan fingerprint density at radius 1 is 1.02 bits per heavy atom. The molecule has 6 rings (SSSR count). The quantitative estimate of drug-likeness (QED) is 0.295. The van der Waals surface area contributed by atoms with E-state index in [0.717, 1.165) is 55.1 Å². The van der Waals surface area contributed by atoms with E-state index in [2.05, 4.69) is 32.6 Å². The van der Waals surface area contributed by atoms with Crippen molar-refractivity contribution in [3.8, 4) is 0 Å². The van der Waals surface area contributed by atoms with E-state index >= 15 is 0 Å². The van der Waals surface area contributed by atoms with Crippen LogP contribution in [0.15, 0.2) is 66.9 Å². The van der Waals surface area contributed by atoms with E-state index in [1.165, 1.54) is 0 Å². The first-order valence-corrected chi connectivity index (χ1v) is 14.7. The molecule has 0 atom stereocenters. The number of rotatable bonds is 7. The highest BCUT2D eigenvalue weighted by Gasteiger charge is 2.34. The Morgan fingerprint density at radius 2 is 1.73 bits per heavy atom. The Balaban J connectivity index is 1.08. The van der Waals surface area contributed by atoms with Crippen LogP contribution in [-0.2, 0) is 5.60 Å². The smallest absolute Gasteiger partial charge is 0.251 e. The number of carbonyl (C=O) groups excluding carboxylic acids is 1. The van der Waals surface area contributed by atoms with Crippen molar-refractivity contribution in [2.45, 2.75) is 31.3 Å². The molecule has 1 amide bonds. The minimum atomic E-state index is -0.873. The number of hydrogen-bond donors (Lipinski definition) is 3. The molecule has 2 aliphatic heterocycles. The summed E-state index contributed by atoms with van der Waals surface area (Å²) in [6.45, 7) is 4.28. The number of piperidine rings is 2. The van der Waals surface area contributed by atoms with Crippen LogP contribution in [0, 0.1) is 5.92 Å². The van der Waals surface area contributed by atoms with Gasteiger partial charge in [0.1, 0.15) is 0 Å². The second kappa shape index (κ2) is 11.7. The Morgan fingerprint density at radius 3 is 2.44 bits per heavy atom. The average molecular weight is 574 g/mol. The molecule has 41 heavy (non-hydrogen) atoms. The second-order valence-corrected chi connectivity index (χ2v) is 11.7. The highest BCUT2D eigenvalue weighted by molar-refractivity contribution is 6.30. The Bertz CT molecular complexity index is 1490. The molecule has 0 bridgehead atoms. The third kappa shape index (κ3) is 6.17. The normalized spacial score (nSPS) is 18.0. The monoisotopic (exact) mass is 573 g/mol. The summed E-state index contributed by atoms with van der Waals surface area (Å²) in [6.07, 6.45) is 5.33. The molecule has 2 aromatic carbocycles. The number of hydrogen-bond acceptors (Lipinski definition) is 7. The SMILES string of the molecule is CN1CCC(CNC(=O)c2ccc(Nc3nc4c(N5CCC(O)(c6ccc(Cl)cc6)CC5)cccn4n3)cc2)CC1. The third-order valence-electron chi connectivity index (χ3n) is 8.45. The Hall–Kier alpha value is -3.66. The van der Waals surface area contributed by atoms with E-state index in [1.807, 2.05) is 66.9 Å². The van der Waals surface area contributed by atoms with Crippen LogP contribution in [0.3, 0.4) is 0 Å². The molecule has 3 N–H and O–H groups in total. The number of aromatic nitrogens is 3. The van der Waals surface area contributed by atoms with Crippen molar-refractivity contribution in [3.63, 3.8) is 0 Å². The molecule has 0 spiro atoms. The predicted molar refractivity (Wildman–Crippen MR) is 162 cm³/mol. The maximum atomic E-state index is 12.7. The van der Waals surface area contributed by atoms with Gasteiger partial charge in [0, 0.05) is 42.1 Å². The molecule has 0 aliphatic carbocycles. The highest BCUT2D eigenvalue weighted by Crippen LogP contribution is 2.36. The first-order valence-electron chi connectivity index (χ1n) is 14.3. The van der Waals surface area contributed by atoms with Crippen molar-refractivity contribution in [3.05, 3.63) is 83.0 Å². The number of fused-ring (bicyclic) bond motifs is 1. The number of aliphatic hydroxyl groups is 1. The summed E-state index contributed by atoms with van der Waals surface area (Å²) in [6, 6.07) is 18.9. The number of benzene rings is 2. The molecule has 10 heteroatoms. The van der Waals surface area contributed by atoms with Gasteiger partial charge in [-0.2, -0.15) is 4.98 Å². The second-order valence-electron chi connectivity index (χ2n) is 11.3. The fraction of sp³-hybridized carbons (Fsp3) is 0.387. The van der Waals surface area contributed by atoms with Crippen molar-refractivity contribution >= 4 is 40.5 Å². The first-order chi connectivity index (χ1) is 19.9. The number of carbonyl (C=O) groups is 1. The van der Waals surface area contributed by atoms with Gasteiger partial charge in [-0.1, -0.05) is 23.7 Å². The summed E-state index contributed by atoms with van der Waals surface area (Å²) in [5.74, 6) is 0.976. The number of pyridine rings is 1. The lowest BCUT2D eigenvalue weighted by Crippen LogP contribution is -2.42. The molecule has 2 aromatic heterocycles. The van der Waals surface area contributed by atoms with Crippen molar-refractivity contribution in [2.75, 3.05) is 50.0 Å². The van der Waals surface area contributed by atoms with E-state index in [4.69, 9.17) is 16.6 Å². The van der Waals surface area contributed by atoms with Crippen LogP contribution in [0.25, 0.3) is 5.65 Å². The zero-order chi connectivity index (χ0) is 28.4. The summed E-state index contributed by atoms with van der Waals surface area (Å²) in [5, 5.41) is 22.9. The summed E-state index contributed by atoms with van der Waals surface area (Å²) in [4.78, 5) is 22.0. The van der Waals surface area contributed by atoms with Crippen molar-refractivity contribution in [1.82, 2.24) is 24.8 Å². The summed E-state index contributed by atoms with van der Waals surface area (Å²) in [5.41, 5.74) is 3.19. The van der Waals surface area contributed by atoms with E-state index < -0.39 is 5.60 Å². The molecule has 0 saturated carbocycles. The van der Waals surface area contributed by atoms with Crippen LogP contribution in [0.2, 0.25) is 5.02 Å². The average Bonchev–Trinajstić information content (AvgIpc) is 3.40. The van der Waals surface area contributed by atoms with Gasteiger partial charge in [-0.25, -0.2) is 4.52 Å². The molecule has 0 radical (unpaired) electrons. The van der Waals surface area contributed by atoms with Gasteiger partial charge in [0.2, 0.25) is 5.95 Å². The van der Waals surface area contributed by atoms with Gasteiger partial charge in [-0.15, -0.1) is 5.10 Å². The van der Waals surface area contributed by atoms with E-state index in [0.29, 0.717) is 48.4 Å². The van der Waals surface area contributed by atoms with Crippen LogP contribution >= 0.6 is 11.6 Å². The van der Waals surface area contributed by atoms with Crippen molar-refractivity contribution < 1.29 is 9.90 Å². The topological polar surface area (TPSA) is 98.0 Å². The molecular formula is C31H36ClN7O2. The highest BCUT2D eigenvalue weighted by atomic mass is 35.5. The van der Waals surface area contributed by atoms with Gasteiger partial charge < -0.3 is 25.5 Å². The maximum absolute atomic E-state index is 12.7. The van der Waals surface area contributed by atoms with Gasteiger partial charge in [-0.3, -0.25) is 4.79 Å². The van der Waals surface area contributed by atoms with Gasteiger partial charge in [0.15, 0.2) is 5.65 Å². The largest absolute Gasteiger partial charge is 0.385 e. The number of likely N-dealkylation sites (tertiary alicyclic amines) is 1. The van der Waals surface area contributed by atoms with Gasteiger partial charge >= 0.3 is 0 Å². The van der Waals surface area contributed by atoms with Gasteiger partial charge in [0.25, 0.3) is 5.91 Å². The van der Waals surface area contributed by atoms with E-state index in [9.17, 15) is 9.90 Å². The standard InChI is InChI=1S/C31H36ClN7O2/c1-37-17-12-22(13-18-37)21-33-29(40)23-4-10-26(11-5-23)34-30-35-28-27(3-2-16-39(28)36-30)38-19-14-31(41,15-20-38)24-6-8-25(32)9-7-24/h2-11,16,22,41H,12-15,17-21H2,1H3,(H,33,40)(H,34,36). The third-order valence-corrected chi connectivity index (χ3v) is 8.70. The number of amides is 1. The fourth-order valence-electron chi connectivity index (χ4n) is 5.80. The van der Waals surface area contributed by atoms with Crippen molar-refractivity contribution in [2.24, 2.45) is 5.92 Å². The van der Waals surface area contributed by atoms with E-state index in [1.54, 1.807) is 4.52 Å². The minimum Gasteiger partial charge on any atom is -0.385 e. The predicted octanol–water partition coefficient (Wildman–Crippen LogP) is 4.69. The Labute approximate surface area is 245 Å². The fourth-order valence-corrected chi connectivity index (χ4v) is 5.92. The van der Waals surface area contributed by atoms with Gasteiger partial charge in [-0.05, 0) is 106 Å². The zero-order valence-electron chi connectivity index (χ0n) is 23.3. The summed E-state index contributed by atoms with van der Waals surface area (Å²) < 4.78 is 1.77. The molecule has 4 heterocycles. The lowest BCUT2D eigenvalue weighted by molar-refractivity contribution is 0.0118. The van der Waals surface area contributed by atoms with Crippen molar-refractivity contribution in [1.29, 1.82) is 0 Å². The minimum absolute atomic E-state index is 0.0459. The summed E-state index contributed by atoms with van der Waals surface area (Å²) >= 11 is 6.04. The number of nitrogens with zero attached hydrogens (tertiary/aromatic N) is 5.